The molecule has 0 amide bonds. The molecule has 3 aliphatic rings. The number of aromatic nitrogens is 3. The molecule has 0 radical (unpaired) electrons. The summed E-state index contributed by atoms with van der Waals surface area (Å²) < 4.78 is 5.91. The predicted molar refractivity (Wildman–Crippen MR) is 115 cm³/mol. The fourth-order valence-corrected chi connectivity index (χ4v) is 4.10. The molecule has 2 aliphatic heterocycles. The van der Waals surface area contributed by atoms with Crippen LogP contribution in [0.1, 0.15) is 11.3 Å². The van der Waals surface area contributed by atoms with Crippen LogP contribution in [0.4, 0.5) is 0 Å². The van der Waals surface area contributed by atoms with Gasteiger partial charge in [-0.2, -0.15) is 15.4 Å². The van der Waals surface area contributed by atoms with E-state index in [0.717, 1.165) is 10.4 Å². The van der Waals surface area contributed by atoms with Gasteiger partial charge in [-0.15, -0.1) is 0 Å². The Morgan fingerprint density at radius 2 is 1.61 bits per heavy atom. The van der Waals surface area contributed by atoms with Gasteiger partial charge in [0.1, 0.15) is 18.1 Å². The topological polar surface area (TPSA) is 108 Å². The molecule has 3 heterocycles. The van der Waals surface area contributed by atoms with Gasteiger partial charge in [-0.05, 0) is 6.07 Å². The van der Waals surface area contributed by atoms with Crippen LogP contribution in [-0.2, 0) is 21.0 Å². The van der Waals surface area contributed by atoms with E-state index in [2.05, 4.69) is 15.4 Å². The van der Waals surface area contributed by atoms with Gasteiger partial charge < -0.3 is 4.74 Å². The van der Waals surface area contributed by atoms with Crippen LogP contribution >= 0.6 is 0 Å². The third-order valence-corrected chi connectivity index (χ3v) is 5.64. The summed E-state index contributed by atoms with van der Waals surface area (Å²) in [4.78, 5) is 38.6. The van der Waals surface area contributed by atoms with E-state index in [-0.39, 0.29) is 17.8 Å². The highest BCUT2D eigenvalue weighted by Crippen LogP contribution is 2.41. The molecule has 1 aliphatic carbocycles. The first-order valence-corrected chi connectivity index (χ1v) is 10.1. The Kier molecular flexibility index (Phi) is 4.09. The molecule has 9 heteroatoms. The number of ether oxygens (including phenoxy) is 1. The number of carbonyl (C=O) groups excluding carboxylic acids is 3. The van der Waals surface area contributed by atoms with Crippen LogP contribution in [0.5, 0.6) is 5.75 Å². The van der Waals surface area contributed by atoms with Crippen molar-refractivity contribution in [2.45, 2.75) is 6.61 Å². The lowest BCUT2D eigenvalue weighted by molar-refractivity contribution is -0.140. The summed E-state index contributed by atoms with van der Waals surface area (Å²) in [6.07, 6.45) is 6.79. The van der Waals surface area contributed by atoms with E-state index in [0.29, 0.717) is 22.7 Å². The number of Topliss-reactive ketones (excluding diaryl/α,β-unsaturated/α-hetero) is 3. The molecular formula is C24H15N5O4. The number of para-hydroxylation sites is 1. The van der Waals surface area contributed by atoms with E-state index in [1.165, 1.54) is 6.20 Å². The minimum Gasteiger partial charge on any atom is -0.487 e. The van der Waals surface area contributed by atoms with Crippen molar-refractivity contribution in [3.63, 3.8) is 0 Å². The molecule has 160 valence electrons. The van der Waals surface area contributed by atoms with Crippen LogP contribution in [0.25, 0.3) is 18.0 Å². The monoisotopic (exact) mass is 437 g/mol. The molecule has 0 saturated heterocycles. The number of fused-ring (bicyclic) bond motifs is 4. The van der Waals surface area contributed by atoms with E-state index in [1.54, 1.807) is 40.5 Å². The summed E-state index contributed by atoms with van der Waals surface area (Å²) in [6, 6.07) is 14.6. The smallest absolute Gasteiger partial charge is 0.274 e. The zero-order chi connectivity index (χ0) is 22.5. The number of carbonyl (C=O) groups is 3. The largest absolute Gasteiger partial charge is 0.487 e. The minimum atomic E-state index is -1.06. The second kappa shape index (κ2) is 7.13. The quantitative estimate of drug-likeness (QED) is 0.586. The van der Waals surface area contributed by atoms with Crippen molar-refractivity contribution < 1.29 is 19.1 Å². The van der Waals surface area contributed by atoms with Crippen molar-refractivity contribution in [3.05, 3.63) is 93.9 Å². The molecule has 33 heavy (non-hydrogen) atoms. The molecule has 1 N–H and O–H groups in total. The second-order valence-electron chi connectivity index (χ2n) is 7.61. The predicted octanol–water partition coefficient (Wildman–Crippen LogP) is 0.422. The van der Waals surface area contributed by atoms with Gasteiger partial charge in [0.25, 0.3) is 5.78 Å². The average Bonchev–Trinajstić information content (AvgIpc) is 3.49. The Bertz CT molecular complexity index is 1530. The van der Waals surface area contributed by atoms with Gasteiger partial charge in [-0.25, -0.2) is 0 Å². The average molecular weight is 437 g/mol. The first-order valence-electron chi connectivity index (χ1n) is 10.1. The zero-order valence-electron chi connectivity index (χ0n) is 17.1. The van der Waals surface area contributed by atoms with Gasteiger partial charge in [0, 0.05) is 34.6 Å². The summed E-state index contributed by atoms with van der Waals surface area (Å²) in [5.41, 5.74) is 1.64. The van der Waals surface area contributed by atoms with E-state index in [4.69, 9.17) is 4.74 Å². The van der Waals surface area contributed by atoms with Gasteiger partial charge in [-0.1, -0.05) is 42.5 Å². The van der Waals surface area contributed by atoms with Crippen LogP contribution in [0.15, 0.2) is 72.2 Å². The molecule has 2 aromatic carbocycles. The number of nitrogens with one attached hydrogen (secondary N) is 1. The lowest BCUT2D eigenvalue weighted by Crippen LogP contribution is -2.41. The fraction of sp³-hybridized carbons (Fsp3) is 0.0417. The molecule has 1 aromatic heterocycles. The number of H-pyrrole nitrogens is 1. The van der Waals surface area contributed by atoms with Crippen molar-refractivity contribution in [1.82, 2.24) is 25.4 Å². The van der Waals surface area contributed by atoms with Crippen LogP contribution in [0.3, 0.4) is 0 Å². The summed E-state index contributed by atoms with van der Waals surface area (Å²) in [6.45, 7) is 0.114. The van der Waals surface area contributed by atoms with Crippen LogP contribution in [0.2, 0.25) is 0 Å². The maximum Gasteiger partial charge on any atom is 0.274 e. The highest BCUT2D eigenvalue weighted by Gasteiger charge is 2.45. The third-order valence-electron chi connectivity index (χ3n) is 5.64. The first kappa shape index (κ1) is 18.9. The lowest BCUT2D eigenvalue weighted by Gasteiger charge is -2.30. The molecule has 0 bridgehead atoms. The summed E-state index contributed by atoms with van der Waals surface area (Å²) in [5.74, 6) is -2.36. The molecule has 0 saturated carbocycles. The van der Waals surface area contributed by atoms with Crippen LogP contribution in [-0.4, -0.2) is 42.8 Å². The molecule has 0 atom stereocenters. The Balaban J connectivity index is 1.54. The van der Waals surface area contributed by atoms with Gasteiger partial charge in [0.15, 0.2) is 0 Å². The Morgan fingerprint density at radius 3 is 2.39 bits per heavy atom. The Hall–Kier alpha value is -4.79. The number of allylic oxidation sites excluding steroid dienone is 2. The number of hydrogen-bond acceptors (Lipinski definition) is 8. The van der Waals surface area contributed by atoms with Crippen molar-refractivity contribution in [3.8, 4) is 5.75 Å². The number of nitrogens with zero attached hydrogens (tertiary/aromatic N) is 4. The van der Waals surface area contributed by atoms with Crippen LogP contribution < -0.4 is 15.2 Å². The third kappa shape index (κ3) is 2.90. The molecule has 0 fully saturated rings. The Morgan fingerprint density at radius 1 is 0.848 bits per heavy atom. The summed E-state index contributed by atoms with van der Waals surface area (Å²) in [7, 11) is 0. The van der Waals surface area contributed by atoms with E-state index < -0.39 is 17.3 Å². The van der Waals surface area contributed by atoms with Gasteiger partial charge in [0.05, 0.1) is 23.0 Å². The number of hydrazine groups is 1. The van der Waals surface area contributed by atoms with Crippen molar-refractivity contribution in [1.29, 1.82) is 0 Å². The SMILES string of the molecule is O=C1C(=O)C2=CN3C=c4ccccc4=CN3C2=C(c2ccccc2OCc2cn[nH]n2)C1=O. The number of ketones is 3. The highest BCUT2D eigenvalue weighted by atomic mass is 16.5. The van der Waals surface area contributed by atoms with Crippen LogP contribution in [0, 0.1) is 0 Å². The van der Waals surface area contributed by atoms with Crippen molar-refractivity contribution in [2.75, 3.05) is 0 Å². The molecular weight excluding hydrogens is 422 g/mol. The Labute approximate surface area is 186 Å². The maximum absolute atomic E-state index is 13.2. The first-order chi connectivity index (χ1) is 16.1. The number of hydrogen-bond donors (Lipinski definition) is 1. The number of rotatable bonds is 4. The fourth-order valence-electron chi connectivity index (χ4n) is 4.10. The standard InChI is InChI=1S/C24H15N5O4/c30-22-18-12-28-10-14-5-1-2-6-15(14)11-29(28)21(18)20(23(31)24(22)32)17-7-3-4-8-19(17)33-13-16-9-25-27-26-16/h1-12H,13H2,(H,25,26,27). The number of benzene rings is 2. The van der Waals surface area contributed by atoms with E-state index in [9.17, 15) is 14.4 Å². The zero-order valence-corrected chi connectivity index (χ0v) is 17.1. The van der Waals surface area contributed by atoms with Gasteiger partial charge in [-0.3, -0.25) is 24.4 Å². The highest BCUT2D eigenvalue weighted by molar-refractivity contribution is 6.77. The van der Waals surface area contributed by atoms with E-state index >= 15 is 0 Å². The molecule has 3 aromatic rings. The van der Waals surface area contributed by atoms with Gasteiger partial charge in [0.2, 0.25) is 11.6 Å². The maximum atomic E-state index is 13.2. The normalized spacial score (nSPS) is 16.6. The number of aromatic amines is 1. The lowest BCUT2D eigenvalue weighted by atomic mass is 9.85. The second-order valence-corrected chi connectivity index (χ2v) is 7.61. The molecule has 0 spiro atoms. The molecule has 9 nitrogen and oxygen atoms in total. The molecule has 6 rings (SSSR count). The summed E-state index contributed by atoms with van der Waals surface area (Å²) >= 11 is 0. The minimum absolute atomic E-state index is 0.114. The van der Waals surface area contributed by atoms with Crippen molar-refractivity contribution in [2.24, 2.45) is 0 Å². The van der Waals surface area contributed by atoms with Crippen molar-refractivity contribution >= 4 is 35.3 Å². The molecule has 0 unspecified atom stereocenters. The van der Waals surface area contributed by atoms with Gasteiger partial charge >= 0.3 is 0 Å². The van der Waals surface area contributed by atoms with E-state index in [1.807, 2.05) is 36.7 Å². The summed E-state index contributed by atoms with van der Waals surface area (Å²) in [5, 5.41) is 15.5.